The van der Waals surface area contributed by atoms with E-state index in [4.69, 9.17) is 0 Å². The lowest BCUT2D eigenvalue weighted by molar-refractivity contribution is 0.213. The summed E-state index contributed by atoms with van der Waals surface area (Å²) < 4.78 is 0. The lowest BCUT2D eigenvalue weighted by Gasteiger charge is -1.91. The molecule has 0 aliphatic heterocycles. The van der Waals surface area contributed by atoms with Crippen molar-refractivity contribution in [1.29, 1.82) is 0 Å². The molecule has 0 aliphatic carbocycles. The molecule has 10 heavy (non-hydrogen) atoms. The highest BCUT2D eigenvalue weighted by molar-refractivity contribution is 7.12. The van der Waals surface area contributed by atoms with Crippen molar-refractivity contribution in [3.8, 4) is 0 Å². The smallest absolute Gasteiger partial charge is 0.106 e. The van der Waals surface area contributed by atoms with Crippen LogP contribution in [0.25, 0.3) is 0 Å². The number of nitrogens with zero attached hydrogens (tertiary/aromatic N) is 1. The van der Waals surface area contributed by atoms with Crippen LogP contribution >= 0.6 is 11.3 Å². The van der Waals surface area contributed by atoms with E-state index in [2.05, 4.69) is 9.99 Å². The first-order valence-electron chi connectivity index (χ1n) is 2.96. The van der Waals surface area contributed by atoms with E-state index < -0.39 is 0 Å². The molecule has 1 aromatic rings. The Morgan fingerprint density at radius 2 is 2.50 bits per heavy atom. The van der Waals surface area contributed by atoms with Crippen molar-refractivity contribution in [3.05, 3.63) is 22.4 Å². The molecule has 0 saturated carbocycles. The summed E-state index contributed by atoms with van der Waals surface area (Å²) in [5, 5.41) is 5.81. The van der Waals surface area contributed by atoms with Gasteiger partial charge >= 0.3 is 0 Å². The normalized spacial score (nSPS) is 11.6. The first-order valence-corrected chi connectivity index (χ1v) is 3.84. The van der Waals surface area contributed by atoms with Crippen molar-refractivity contribution in [2.24, 2.45) is 5.16 Å². The molecule has 0 saturated heterocycles. The second-order valence-electron chi connectivity index (χ2n) is 1.84. The molecule has 3 heteroatoms. The van der Waals surface area contributed by atoms with Gasteiger partial charge in [-0.05, 0) is 18.4 Å². The van der Waals surface area contributed by atoms with Gasteiger partial charge < -0.3 is 4.84 Å². The molecule has 1 rings (SSSR count). The largest absolute Gasteiger partial charge is 0.399 e. The van der Waals surface area contributed by atoms with Crippen molar-refractivity contribution in [2.45, 2.75) is 6.92 Å². The van der Waals surface area contributed by atoms with Crippen LogP contribution in [0, 0.1) is 0 Å². The Kier molecular flexibility index (Phi) is 2.45. The quantitative estimate of drug-likeness (QED) is 0.473. The van der Waals surface area contributed by atoms with Crippen LogP contribution in [0.15, 0.2) is 22.7 Å². The highest BCUT2D eigenvalue weighted by atomic mass is 32.1. The van der Waals surface area contributed by atoms with Crippen molar-refractivity contribution < 1.29 is 4.84 Å². The highest BCUT2D eigenvalue weighted by Gasteiger charge is 1.95. The number of rotatable bonds is 2. The monoisotopic (exact) mass is 155 g/mol. The minimum Gasteiger partial charge on any atom is -0.399 e. The van der Waals surface area contributed by atoms with E-state index in [-0.39, 0.29) is 0 Å². The van der Waals surface area contributed by atoms with E-state index in [1.54, 1.807) is 18.4 Å². The Hall–Kier alpha value is -0.830. The van der Waals surface area contributed by atoms with E-state index in [9.17, 15) is 0 Å². The van der Waals surface area contributed by atoms with E-state index in [1.807, 2.05) is 24.4 Å². The molecule has 0 unspecified atom stereocenters. The standard InChI is InChI=1S/C7H9NOS/c1-6(8-9-2)7-4-3-5-10-7/h3-5H,1-2H3. The molecule has 2 nitrogen and oxygen atoms in total. The average molecular weight is 155 g/mol. The molecular weight excluding hydrogens is 146 g/mol. The maximum Gasteiger partial charge on any atom is 0.106 e. The molecule has 0 bridgehead atoms. The van der Waals surface area contributed by atoms with Gasteiger partial charge in [-0.1, -0.05) is 11.2 Å². The second kappa shape index (κ2) is 3.37. The molecule has 0 radical (unpaired) electrons. The second-order valence-corrected chi connectivity index (χ2v) is 2.78. The van der Waals surface area contributed by atoms with Crippen molar-refractivity contribution >= 4 is 17.0 Å². The minimum atomic E-state index is 0.928. The van der Waals surface area contributed by atoms with Gasteiger partial charge in [0.25, 0.3) is 0 Å². The topological polar surface area (TPSA) is 21.6 Å². The van der Waals surface area contributed by atoms with Crippen LogP contribution in [0.1, 0.15) is 11.8 Å². The number of hydrogen-bond donors (Lipinski definition) is 0. The summed E-state index contributed by atoms with van der Waals surface area (Å²) in [4.78, 5) is 5.78. The molecule has 0 N–H and O–H groups in total. The van der Waals surface area contributed by atoms with Crippen LogP contribution in [0.3, 0.4) is 0 Å². The number of oxime groups is 1. The molecule has 0 fully saturated rings. The molecule has 0 aromatic carbocycles. The fourth-order valence-electron chi connectivity index (χ4n) is 0.666. The Morgan fingerprint density at radius 1 is 1.70 bits per heavy atom. The lowest BCUT2D eigenvalue weighted by Crippen LogP contribution is -1.89. The van der Waals surface area contributed by atoms with Gasteiger partial charge in [-0.25, -0.2) is 0 Å². The van der Waals surface area contributed by atoms with E-state index in [0.717, 1.165) is 10.6 Å². The summed E-state index contributed by atoms with van der Waals surface area (Å²) in [5.74, 6) is 0. The molecule has 0 atom stereocenters. The molecule has 1 aromatic heterocycles. The van der Waals surface area contributed by atoms with Crippen LogP contribution in [0.5, 0.6) is 0 Å². The fraction of sp³-hybridized carbons (Fsp3) is 0.286. The number of hydrogen-bond acceptors (Lipinski definition) is 3. The summed E-state index contributed by atoms with van der Waals surface area (Å²) in [6.45, 7) is 1.93. The van der Waals surface area contributed by atoms with Gasteiger partial charge in [-0.3, -0.25) is 0 Å². The summed E-state index contributed by atoms with van der Waals surface area (Å²) in [6, 6.07) is 4.01. The van der Waals surface area contributed by atoms with Crippen molar-refractivity contribution in [3.63, 3.8) is 0 Å². The molecule has 0 spiro atoms. The van der Waals surface area contributed by atoms with Gasteiger partial charge in [0.15, 0.2) is 0 Å². The van der Waals surface area contributed by atoms with Gasteiger partial charge in [0.05, 0.1) is 10.6 Å². The van der Waals surface area contributed by atoms with Crippen LogP contribution in [-0.2, 0) is 4.84 Å². The van der Waals surface area contributed by atoms with Crippen LogP contribution in [0.4, 0.5) is 0 Å². The van der Waals surface area contributed by atoms with Gasteiger partial charge in [0.2, 0.25) is 0 Å². The summed E-state index contributed by atoms with van der Waals surface area (Å²) in [5.41, 5.74) is 0.928. The third-order valence-electron chi connectivity index (χ3n) is 1.11. The van der Waals surface area contributed by atoms with Gasteiger partial charge in [-0.15, -0.1) is 11.3 Å². The zero-order valence-corrected chi connectivity index (χ0v) is 6.81. The maximum atomic E-state index is 4.62. The van der Waals surface area contributed by atoms with Crippen LogP contribution < -0.4 is 0 Å². The molecule has 0 amide bonds. The summed E-state index contributed by atoms with van der Waals surface area (Å²) in [7, 11) is 1.55. The fourth-order valence-corrected chi connectivity index (χ4v) is 1.34. The Labute approximate surface area is 64.1 Å². The SMILES string of the molecule is CON=C(C)c1cccs1. The van der Waals surface area contributed by atoms with Crippen molar-refractivity contribution in [2.75, 3.05) is 7.11 Å². The zero-order valence-electron chi connectivity index (χ0n) is 6.00. The third kappa shape index (κ3) is 1.57. The molecule has 1 heterocycles. The Balaban J connectivity index is 2.77. The lowest BCUT2D eigenvalue weighted by atomic mass is 10.3. The van der Waals surface area contributed by atoms with Crippen molar-refractivity contribution in [1.82, 2.24) is 0 Å². The van der Waals surface area contributed by atoms with Crippen LogP contribution in [-0.4, -0.2) is 12.8 Å². The summed E-state index contributed by atoms with van der Waals surface area (Å²) in [6.07, 6.45) is 0. The minimum absolute atomic E-state index is 0.928. The molecular formula is C7H9NOS. The first kappa shape index (κ1) is 7.28. The number of thiophene rings is 1. The van der Waals surface area contributed by atoms with E-state index in [0.29, 0.717) is 0 Å². The van der Waals surface area contributed by atoms with Gasteiger partial charge in [0, 0.05) is 0 Å². The van der Waals surface area contributed by atoms with E-state index in [1.165, 1.54) is 0 Å². The first-order chi connectivity index (χ1) is 4.84. The molecule has 0 aliphatic rings. The van der Waals surface area contributed by atoms with Gasteiger partial charge in [0.1, 0.15) is 7.11 Å². The Morgan fingerprint density at radius 3 is 3.00 bits per heavy atom. The maximum absolute atomic E-state index is 4.62. The van der Waals surface area contributed by atoms with Crippen LogP contribution in [0.2, 0.25) is 0 Å². The Bertz CT molecular complexity index is 216. The summed E-state index contributed by atoms with van der Waals surface area (Å²) >= 11 is 1.66. The third-order valence-corrected chi connectivity index (χ3v) is 2.08. The predicted molar refractivity (Wildman–Crippen MR) is 43.5 cm³/mol. The molecule has 54 valence electrons. The van der Waals surface area contributed by atoms with Gasteiger partial charge in [-0.2, -0.15) is 0 Å². The highest BCUT2D eigenvalue weighted by Crippen LogP contribution is 2.09. The average Bonchev–Trinajstić information content (AvgIpc) is 2.38. The predicted octanol–water partition coefficient (Wildman–Crippen LogP) is 2.12. The zero-order chi connectivity index (χ0) is 7.40. The van der Waals surface area contributed by atoms with E-state index >= 15 is 0 Å².